The van der Waals surface area contributed by atoms with Crippen molar-refractivity contribution in [2.45, 2.75) is 12.2 Å². The first-order chi connectivity index (χ1) is 10.8. The number of hydrogen-bond donors (Lipinski definition) is 1. The van der Waals surface area contributed by atoms with Crippen LogP contribution in [0.4, 0.5) is 17.6 Å². The number of benzene rings is 1. The molecule has 0 amide bonds. The number of pyridine rings is 1. The zero-order chi connectivity index (χ0) is 17.0. The molecule has 1 N–H and O–H groups in total. The van der Waals surface area contributed by atoms with Gasteiger partial charge in [-0.25, -0.2) is 9.37 Å². The Morgan fingerprint density at radius 1 is 1.26 bits per heavy atom. The molecular formula is C15H13ClF4N2O. The van der Waals surface area contributed by atoms with Crippen LogP contribution in [0.25, 0.3) is 0 Å². The lowest BCUT2D eigenvalue weighted by molar-refractivity contribution is -0.141. The van der Waals surface area contributed by atoms with E-state index in [0.717, 1.165) is 12.3 Å². The van der Waals surface area contributed by atoms with Crippen molar-refractivity contribution in [1.29, 1.82) is 0 Å². The Bertz CT molecular complexity index is 662. The SMILES string of the molecule is CNC(COc1ccc(C(F)(F)F)nc1)c1ccc(F)c(Cl)c1. The highest BCUT2D eigenvalue weighted by atomic mass is 35.5. The smallest absolute Gasteiger partial charge is 0.433 e. The van der Waals surface area contributed by atoms with Crippen molar-refractivity contribution >= 4 is 11.6 Å². The second kappa shape index (κ2) is 7.14. The number of nitrogens with one attached hydrogen (secondary N) is 1. The maximum atomic E-state index is 13.2. The predicted octanol–water partition coefficient (Wildman–Crippen LogP) is 4.23. The third kappa shape index (κ3) is 4.56. The van der Waals surface area contributed by atoms with Gasteiger partial charge in [0.1, 0.15) is 23.9 Å². The van der Waals surface area contributed by atoms with Gasteiger partial charge in [-0.1, -0.05) is 17.7 Å². The average Bonchev–Trinajstić information content (AvgIpc) is 2.51. The van der Waals surface area contributed by atoms with Crippen LogP contribution in [0.1, 0.15) is 17.3 Å². The molecule has 0 aliphatic heterocycles. The molecule has 1 heterocycles. The van der Waals surface area contributed by atoms with E-state index in [1.165, 1.54) is 18.2 Å². The molecule has 8 heteroatoms. The summed E-state index contributed by atoms with van der Waals surface area (Å²) < 4.78 is 55.9. The van der Waals surface area contributed by atoms with Crippen LogP contribution in [0.15, 0.2) is 36.5 Å². The minimum atomic E-state index is -4.49. The number of ether oxygens (including phenoxy) is 1. The van der Waals surface area contributed by atoms with E-state index in [2.05, 4.69) is 10.3 Å². The number of aromatic nitrogens is 1. The summed E-state index contributed by atoms with van der Waals surface area (Å²) in [4.78, 5) is 3.31. The lowest BCUT2D eigenvalue weighted by atomic mass is 10.1. The van der Waals surface area contributed by atoms with E-state index in [1.807, 2.05) is 0 Å². The van der Waals surface area contributed by atoms with Crippen LogP contribution in [0.3, 0.4) is 0 Å². The first kappa shape index (κ1) is 17.5. The summed E-state index contributed by atoms with van der Waals surface area (Å²) in [7, 11) is 1.68. The molecule has 1 aromatic carbocycles. The number of hydrogen-bond acceptors (Lipinski definition) is 3. The van der Waals surface area contributed by atoms with Crippen LogP contribution in [-0.2, 0) is 6.18 Å². The van der Waals surface area contributed by atoms with Crippen LogP contribution < -0.4 is 10.1 Å². The van der Waals surface area contributed by atoms with Crippen LogP contribution in [0.5, 0.6) is 5.75 Å². The zero-order valence-corrected chi connectivity index (χ0v) is 12.7. The molecule has 1 unspecified atom stereocenters. The summed E-state index contributed by atoms with van der Waals surface area (Å²) >= 11 is 5.73. The standard InChI is InChI=1S/C15H13ClF4N2O/c1-21-13(9-2-4-12(17)11(16)6-9)8-23-10-3-5-14(22-7-10)15(18,19)20/h2-7,13,21H,8H2,1H3. The second-order valence-electron chi connectivity index (χ2n) is 4.70. The van der Waals surface area contributed by atoms with Crippen molar-refractivity contribution in [3.05, 3.63) is 58.6 Å². The van der Waals surface area contributed by atoms with Gasteiger partial charge in [0.2, 0.25) is 0 Å². The van der Waals surface area contributed by atoms with Crippen LogP contribution in [-0.4, -0.2) is 18.6 Å². The van der Waals surface area contributed by atoms with Gasteiger partial charge in [0.25, 0.3) is 0 Å². The quantitative estimate of drug-likeness (QED) is 0.821. The Morgan fingerprint density at radius 3 is 2.52 bits per heavy atom. The second-order valence-corrected chi connectivity index (χ2v) is 5.11. The summed E-state index contributed by atoms with van der Waals surface area (Å²) in [5.74, 6) is -0.329. The average molecular weight is 349 g/mol. The summed E-state index contributed by atoms with van der Waals surface area (Å²) in [6.07, 6.45) is -3.48. The Morgan fingerprint density at radius 2 is 2.00 bits per heavy atom. The molecule has 2 aromatic rings. The fourth-order valence-corrected chi connectivity index (χ4v) is 2.08. The van der Waals surface area contributed by atoms with Crippen LogP contribution in [0.2, 0.25) is 5.02 Å². The predicted molar refractivity (Wildman–Crippen MR) is 77.9 cm³/mol. The Kier molecular flexibility index (Phi) is 5.43. The molecule has 0 aliphatic rings. The Labute approximate surface area is 135 Å². The number of likely N-dealkylation sites (N-methyl/N-ethyl adjacent to an activating group) is 1. The van der Waals surface area contributed by atoms with Crippen molar-refractivity contribution in [3.8, 4) is 5.75 Å². The molecule has 0 fully saturated rings. The fourth-order valence-electron chi connectivity index (χ4n) is 1.89. The van der Waals surface area contributed by atoms with E-state index in [1.54, 1.807) is 13.1 Å². The van der Waals surface area contributed by atoms with Gasteiger partial charge >= 0.3 is 6.18 Å². The lowest BCUT2D eigenvalue weighted by Gasteiger charge is -2.18. The van der Waals surface area contributed by atoms with Gasteiger partial charge < -0.3 is 10.1 Å². The molecule has 0 aliphatic carbocycles. The van der Waals surface area contributed by atoms with E-state index in [0.29, 0.717) is 5.56 Å². The molecule has 0 bridgehead atoms. The monoisotopic (exact) mass is 348 g/mol. The highest BCUT2D eigenvalue weighted by Gasteiger charge is 2.32. The molecule has 23 heavy (non-hydrogen) atoms. The normalized spacial score (nSPS) is 13.0. The van der Waals surface area contributed by atoms with Crippen molar-refractivity contribution in [3.63, 3.8) is 0 Å². The first-order valence-corrected chi connectivity index (χ1v) is 6.97. The van der Waals surface area contributed by atoms with E-state index < -0.39 is 17.7 Å². The van der Waals surface area contributed by atoms with Gasteiger partial charge in [-0.05, 0) is 36.9 Å². The highest BCUT2D eigenvalue weighted by molar-refractivity contribution is 6.30. The van der Waals surface area contributed by atoms with E-state index in [4.69, 9.17) is 16.3 Å². The number of alkyl halides is 3. The largest absolute Gasteiger partial charge is 0.490 e. The third-order valence-corrected chi connectivity index (χ3v) is 3.43. The van der Waals surface area contributed by atoms with Crippen molar-refractivity contribution in [2.24, 2.45) is 0 Å². The first-order valence-electron chi connectivity index (χ1n) is 6.59. The highest BCUT2D eigenvalue weighted by Crippen LogP contribution is 2.28. The third-order valence-electron chi connectivity index (χ3n) is 3.14. The molecule has 0 saturated carbocycles. The van der Waals surface area contributed by atoms with Crippen molar-refractivity contribution < 1.29 is 22.3 Å². The maximum absolute atomic E-state index is 13.2. The number of halogens is 5. The number of nitrogens with zero attached hydrogens (tertiary/aromatic N) is 1. The molecule has 2 rings (SSSR count). The lowest BCUT2D eigenvalue weighted by Crippen LogP contribution is -2.23. The fraction of sp³-hybridized carbons (Fsp3) is 0.267. The minimum Gasteiger partial charge on any atom is -0.490 e. The molecular weight excluding hydrogens is 336 g/mol. The number of rotatable bonds is 5. The van der Waals surface area contributed by atoms with Crippen molar-refractivity contribution in [1.82, 2.24) is 10.3 Å². The van der Waals surface area contributed by atoms with Gasteiger partial charge in [0.05, 0.1) is 17.3 Å². The van der Waals surface area contributed by atoms with Gasteiger partial charge in [-0.2, -0.15) is 13.2 Å². The van der Waals surface area contributed by atoms with E-state index in [9.17, 15) is 17.6 Å². The summed E-state index contributed by atoms with van der Waals surface area (Å²) in [5.41, 5.74) is -0.292. The summed E-state index contributed by atoms with van der Waals surface area (Å²) in [5, 5.41) is 2.95. The van der Waals surface area contributed by atoms with Crippen LogP contribution in [0, 0.1) is 5.82 Å². The molecule has 1 aromatic heterocycles. The van der Waals surface area contributed by atoms with Gasteiger partial charge in [-0.15, -0.1) is 0 Å². The summed E-state index contributed by atoms with van der Waals surface area (Å²) in [6, 6.07) is 5.99. The maximum Gasteiger partial charge on any atom is 0.433 e. The molecule has 0 saturated heterocycles. The Balaban J connectivity index is 2.04. The van der Waals surface area contributed by atoms with Crippen molar-refractivity contribution in [2.75, 3.05) is 13.7 Å². The minimum absolute atomic E-state index is 0.0149. The topological polar surface area (TPSA) is 34.1 Å². The van der Waals surface area contributed by atoms with Gasteiger partial charge in [0.15, 0.2) is 0 Å². The van der Waals surface area contributed by atoms with E-state index in [-0.39, 0.29) is 23.4 Å². The van der Waals surface area contributed by atoms with E-state index >= 15 is 0 Å². The molecule has 0 spiro atoms. The Hall–Kier alpha value is -1.86. The zero-order valence-electron chi connectivity index (χ0n) is 12.0. The molecule has 3 nitrogen and oxygen atoms in total. The van der Waals surface area contributed by atoms with Crippen LogP contribution >= 0.6 is 11.6 Å². The molecule has 124 valence electrons. The molecule has 1 atom stereocenters. The summed E-state index contributed by atoms with van der Waals surface area (Å²) in [6.45, 7) is 0.117. The molecule has 0 radical (unpaired) electrons. The van der Waals surface area contributed by atoms with Gasteiger partial charge in [0, 0.05) is 0 Å². The van der Waals surface area contributed by atoms with Gasteiger partial charge in [-0.3, -0.25) is 0 Å².